The summed E-state index contributed by atoms with van der Waals surface area (Å²) >= 11 is 0. The molecule has 0 amide bonds. The number of allylic oxidation sites excluding steroid dienone is 4. The number of quaternary nitrogens is 1. The number of unbranched alkanes of at least 4 members (excludes halogenated alkanes) is 25. The van der Waals surface area contributed by atoms with Gasteiger partial charge in [0.25, 0.3) is 0 Å². The van der Waals surface area contributed by atoms with Crippen LogP contribution in [0, 0.1) is 0 Å². The third kappa shape index (κ3) is 39.1. The van der Waals surface area contributed by atoms with Gasteiger partial charge in [0, 0.05) is 19.3 Å². The second kappa shape index (κ2) is 40.6. The fraction of sp³-hybridized carbons (Fsp3) is 0.857. The molecule has 0 aliphatic rings. The van der Waals surface area contributed by atoms with Crippen LogP contribution in [0.3, 0.4) is 0 Å². The lowest BCUT2D eigenvalue weighted by atomic mass is 10.0. The first-order chi connectivity index (χ1) is 27.6. The van der Waals surface area contributed by atoms with E-state index in [0.717, 1.165) is 44.9 Å². The Balaban J connectivity index is 4.27. The molecule has 8 nitrogen and oxygen atoms in total. The van der Waals surface area contributed by atoms with Gasteiger partial charge in [-0.1, -0.05) is 179 Å². The second-order valence-corrected chi connectivity index (χ2v) is 17.4. The smallest absolute Gasteiger partial charge is 0.362 e. The van der Waals surface area contributed by atoms with E-state index < -0.39 is 18.1 Å². The molecule has 0 heterocycles. The third-order valence-electron chi connectivity index (χ3n) is 10.9. The molecule has 0 rings (SSSR count). The summed E-state index contributed by atoms with van der Waals surface area (Å²) in [6, 6.07) is -0.612. The highest BCUT2D eigenvalue weighted by molar-refractivity contribution is 5.72. The maximum Gasteiger partial charge on any atom is 0.362 e. The summed E-state index contributed by atoms with van der Waals surface area (Å²) in [5.74, 6) is -1.46. The first kappa shape index (κ1) is 54.8. The molecule has 57 heavy (non-hydrogen) atoms. The minimum Gasteiger partial charge on any atom is -0.477 e. The van der Waals surface area contributed by atoms with Gasteiger partial charge >= 0.3 is 17.9 Å². The Bertz CT molecular complexity index is 989. The van der Waals surface area contributed by atoms with Crippen LogP contribution in [0.15, 0.2) is 24.3 Å². The van der Waals surface area contributed by atoms with E-state index in [1.54, 1.807) is 0 Å². The zero-order chi connectivity index (χ0) is 42.1. The number of esters is 2. The van der Waals surface area contributed by atoms with Crippen molar-refractivity contribution in [2.24, 2.45) is 0 Å². The van der Waals surface area contributed by atoms with Crippen LogP contribution in [0.4, 0.5) is 0 Å². The lowest BCUT2D eigenvalue weighted by molar-refractivity contribution is -0.887. The number of hydrogen-bond donors (Lipinski definition) is 1. The highest BCUT2D eigenvalue weighted by atomic mass is 16.6. The summed E-state index contributed by atoms with van der Waals surface area (Å²) in [5.41, 5.74) is 0. The molecule has 0 saturated carbocycles. The van der Waals surface area contributed by atoms with E-state index in [1.165, 1.54) is 141 Å². The van der Waals surface area contributed by atoms with Gasteiger partial charge in [-0.25, -0.2) is 4.79 Å². The topological polar surface area (TPSA) is 99.1 Å². The number of hydrogen-bond acceptors (Lipinski definition) is 6. The van der Waals surface area contributed by atoms with Crippen molar-refractivity contribution in [3.05, 3.63) is 24.3 Å². The normalized spacial score (nSPS) is 13.1. The van der Waals surface area contributed by atoms with Gasteiger partial charge in [0.05, 0.1) is 34.4 Å². The quantitative estimate of drug-likeness (QED) is 0.0283. The van der Waals surface area contributed by atoms with Gasteiger partial charge in [0.15, 0.2) is 12.1 Å². The number of aliphatic carboxylic acids is 1. The molecule has 8 heteroatoms. The van der Waals surface area contributed by atoms with Crippen LogP contribution in [0.5, 0.6) is 0 Å². The molecule has 0 aromatic rings. The monoisotopic (exact) mass is 807 g/mol. The fourth-order valence-electron chi connectivity index (χ4n) is 7.12. The Kier molecular flexibility index (Phi) is 39.0. The lowest BCUT2D eigenvalue weighted by Crippen LogP contribution is -2.50. The molecule has 0 aromatic heterocycles. The Morgan fingerprint density at radius 3 is 1.39 bits per heavy atom. The molecule has 0 aliphatic heterocycles. The summed E-state index contributed by atoms with van der Waals surface area (Å²) in [6.45, 7) is 4.73. The average molecular weight is 807 g/mol. The predicted octanol–water partition coefficient (Wildman–Crippen LogP) is 13.3. The van der Waals surface area contributed by atoms with E-state index in [0.29, 0.717) is 19.3 Å². The molecule has 0 radical (unpaired) electrons. The van der Waals surface area contributed by atoms with Crippen molar-refractivity contribution >= 4 is 17.9 Å². The van der Waals surface area contributed by atoms with Crippen molar-refractivity contribution in [3.8, 4) is 0 Å². The van der Waals surface area contributed by atoms with E-state index in [9.17, 15) is 19.5 Å². The van der Waals surface area contributed by atoms with E-state index in [2.05, 4.69) is 38.2 Å². The van der Waals surface area contributed by atoms with Crippen LogP contribution in [-0.4, -0.2) is 80.6 Å². The van der Waals surface area contributed by atoms with Gasteiger partial charge in [-0.2, -0.15) is 0 Å². The molecule has 0 saturated heterocycles. The largest absolute Gasteiger partial charge is 0.477 e. The number of ether oxygens (including phenoxy) is 3. The summed E-state index contributed by atoms with van der Waals surface area (Å²) in [6.07, 6.45) is 45.0. The highest BCUT2D eigenvalue weighted by Gasteiger charge is 2.31. The highest BCUT2D eigenvalue weighted by Crippen LogP contribution is 2.16. The van der Waals surface area contributed by atoms with Gasteiger partial charge in [-0.15, -0.1) is 0 Å². The zero-order valence-corrected chi connectivity index (χ0v) is 38.1. The Labute approximate surface area is 351 Å². The average Bonchev–Trinajstić information content (AvgIpc) is 3.17. The van der Waals surface area contributed by atoms with Gasteiger partial charge in [0.2, 0.25) is 0 Å². The maximum atomic E-state index is 12.8. The van der Waals surface area contributed by atoms with Crippen molar-refractivity contribution in [3.63, 3.8) is 0 Å². The summed E-state index contributed by atoms with van der Waals surface area (Å²) in [7, 11) is 5.54. The summed E-state index contributed by atoms with van der Waals surface area (Å²) in [4.78, 5) is 37.0. The predicted molar refractivity (Wildman–Crippen MR) is 238 cm³/mol. The molecule has 2 unspecified atom stereocenters. The maximum absolute atomic E-state index is 12.8. The van der Waals surface area contributed by atoms with E-state index in [4.69, 9.17) is 14.2 Å². The van der Waals surface area contributed by atoms with Crippen LogP contribution < -0.4 is 0 Å². The molecule has 0 aliphatic carbocycles. The first-order valence-electron chi connectivity index (χ1n) is 23.9. The minimum atomic E-state index is -0.873. The molecule has 0 bridgehead atoms. The Morgan fingerprint density at radius 1 is 0.526 bits per heavy atom. The van der Waals surface area contributed by atoms with Crippen molar-refractivity contribution in [1.29, 1.82) is 0 Å². The number of likely N-dealkylation sites (N-methyl/N-ethyl adjacent to an activating group) is 1. The standard InChI is InChI=1S/C49H91NO7/c1-6-8-10-12-14-16-18-20-22-23-24-25-26-28-30-32-34-36-38-40-48(52)57-45(43-55-42-41-46(49(53)54)50(3,4)5)44-56-47(51)39-37-35-33-31-29-27-21-19-17-15-13-11-9-7-2/h14,16,20,22,45-46H,6-13,15,17-19,21,23-44H2,1-5H3/p+1/b16-14-,22-20-. The molecule has 0 spiro atoms. The fourth-order valence-corrected chi connectivity index (χ4v) is 7.12. The molecular formula is C49H92NO7+. The number of carboxylic acid groups (broad SMARTS) is 1. The molecule has 2 atom stereocenters. The van der Waals surface area contributed by atoms with Crippen LogP contribution in [0.2, 0.25) is 0 Å². The third-order valence-corrected chi connectivity index (χ3v) is 10.9. The zero-order valence-electron chi connectivity index (χ0n) is 38.1. The van der Waals surface area contributed by atoms with Gasteiger partial charge in [-0.05, 0) is 44.9 Å². The lowest BCUT2D eigenvalue weighted by Gasteiger charge is -2.31. The number of carbonyl (C=O) groups is 3. The van der Waals surface area contributed by atoms with E-state index in [1.807, 2.05) is 21.1 Å². The molecule has 0 aromatic carbocycles. The summed E-state index contributed by atoms with van der Waals surface area (Å²) in [5, 5.41) is 9.63. The number of carboxylic acids is 1. The van der Waals surface area contributed by atoms with Crippen molar-refractivity contribution in [2.45, 2.75) is 231 Å². The Morgan fingerprint density at radius 2 is 0.930 bits per heavy atom. The van der Waals surface area contributed by atoms with Crippen LogP contribution in [-0.2, 0) is 28.6 Å². The van der Waals surface area contributed by atoms with Gasteiger partial charge in [0.1, 0.15) is 6.61 Å². The van der Waals surface area contributed by atoms with Crippen molar-refractivity contribution in [1.82, 2.24) is 0 Å². The van der Waals surface area contributed by atoms with Gasteiger partial charge in [-0.3, -0.25) is 9.59 Å². The minimum absolute atomic E-state index is 0.0479. The molecule has 334 valence electrons. The van der Waals surface area contributed by atoms with Crippen molar-refractivity contribution in [2.75, 3.05) is 41.0 Å². The number of carbonyl (C=O) groups excluding carboxylic acids is 2. The Hall–Kier alpha value is -2.19. The van der Waals surface area contributed by atoms with E-state index in [-0.39, 0.29) is 36.2 Å². The van der Waals surface area contributed by atoms with Gasteiger partial charge < -0.3 is 23.8 Å². The van der Waals surface area contributed by atoms with Crippen LogP contribution in [0.25, 0.3) is 0 Å². The molecule has 1 N–H and O–H groups in total. The number of nitrogens with zero attached hydrogens (tertiary/aromatic N) is 1. The molecule has 0 fully saturated rings. The van der Waals surface area contributed by atoms with Crippen LogP contribution in [0.1, 0.15) is 219 Å². The van der Waals surface area contributed by atoms with Crippen molar-refractivity contribution < 1.29 is 38.2 Å². The second-order valence-electron chi connectivity index (χ2n) is 17.4. The van der Waals surface area contributed by atoms with Crippen LogP contribution >= 0.6 is 0 Å². The SMILES string of the molecule is CCCCC/C=C\C/C=C\CCCCCCCCCCCC(=O)OC(COCCC(C(=O)O)[N+](C)(C)C)COC(=O)CCCCCCCCCCCCCCCC. The molecular weight excluding hydrogens is 715 g/mol. The summed E-state index contributed by atoms with van der Waals surface area (Å²) < 4.78 is 17.3. The van der Waals surface area contributed by atoms with E-state index >= 15 is 0 Å². The number of rotatable bonds is 43. The first-order valence-corrected chi connectivity index (χ1v) is 23.9.